The fourth-order valence-electron chi connectivity index (χ4n) is 1.34. The zero-order valence-electron chi connectivity index (χ0n) is 8.73. The quantitative estimate of drug-likeness (QED) is 0.584. The summed E-state index contributed by atoms with van der Waals surface area (Å²) in [6.45, 7) is 3.88. The Morgan fingerprint density at radius 2 is 2.13 bits per heavy atom. The van der Waals surface area contributed by atoms with E-state index in [4.69, 9.17) is 5.73 Å². The maximum absolute atomic E-state index is 10.8. The van der Waals surface area contributed by atoms with Gasteiger partial charge in [-0.15, -0.1) is 0 Å². The number of phenols is 1. The molecule has 1 aromatic rings. The molecule has 0 spiro atoms. The SMILES string of the molecule is CC(C)(CN)c1cc(O)ccc1[N+](=O)[O-]. The zero-order chi connectivity index (χ0) is 11.6. The molecule has 0 aromatic heterocycles. The lowest BCUT2D eigenvalue weighted by Gasteiger charge is -2.22. The lowest BCUT2D eigenvalue weighted by atomic mass is 9.83. The van der Waals surface area contributed by atoms with Crippen LogP contribution in [0.15, 0.2) is 18.2 Å². The molecular formula is C10H14N2O3. The number of phenolic OH excluding ortho intramolecular Hbond substituents is 1. The lowest BCUT2D eigenvalue weighted by molar-refractivity contribution is -0.386. The molecule has 0 saturated heterocycles. The molecule has 0 saturated carbocycles. The van der Waals surface area contributed by atoms with Gasteiger partial charge in [0.1, 0.15) is 5.75 Å². The predicted molar refractivity (Wildman–Crippen MR) is 56.8 cm³/mol. The largest absolute Gasteiger partial charge is 0.508 e. The number of nitro benzene ring substituents is 1. The van der Waals surface area contributed by atoms with Crippen LogP contribution >= 0.6 is 0 Å². The Labute approximate surface area is 87.7 Å². The smallest absolute Gasteiger partial charge is 0.273 e. The number of rotatable bonds is 3. The van der Waals surface area contributed by atoms with Crippen LogP contribution in [0.2, 0.25) is 0 Å². The van der Waals surface area contributed by atoms with Crippen molar-refractivity contribution in [2.45, 2.75) is 19.3 Å². The molecule has 0 atom stereocenters. The molecule has 0 aliphatic carbocycles. The van der Waals surface area contributed by atoms with Crippen molar-refractivity contribution in [3.63, 3.8) is 0 Å². The lowest BCUT2D eigenvalue weighted by Crippen LogP contribution is -2.28. The van der Waals surface area contributed by atoms with Crippen molar-refractivity contribution in [2.24, 2.45) is 5.73 Å². The van der Waals surface area contributed by atoms with E-state index in [1.807, 2.05) is 0 Å². The van der Waals surface area contributed by atoms with Crippen molar-refractivity contribution in [1.29, 1.82) is 0 Å². The van der Waals surface area contributed by atoms with Gasteiger partial charge in [-0.05, 0) is 12.1 Å². The summed E-state index contributed by atoms with van der Waals surface area (Å²) in [7, 11) is 0. The van der Waals surface area contributed by atoms with Gasteiger partial charge in [-0.25, -0.2) is 0 Å². The summed E-state index contributed by atoms with van der Waals surface area (Å²) in [5.74, 6) is 0.0112. The third-order valence-electron chi connectivity index (χ3n) is 2.42. The van der Waals surface area contributed by atoms with E-state index in [-0.39, 0.29) is 18.0 Å². The molecule has 15 heavy (non-hydrogen) atoms. The van der Waals surface area contributed by atoms with Crippen LogP contribution in [0, 0.1) is 10.1 Å². The minimum Gasteiger partial charge on any atom is -0.508 e. The molecule has 0 amide bonds. The molecule has 5 nitrogen and oxygen atoms in total. The molecule has 3 N–H and O–H groups in total. The van der Waals surface area contributed by atoms with Crippen molar-refractivity contribution in [3.8, 4) is 5.75 Å². The van der Waals surface area contributed by atoms with Crippen LogP contribution < -0.4 is 5.73 Å². The second-order valence-electron chi connectivity index (χ2n) is 4.05. The number of nitrogens with two attached hydrogens (primary N) is 1. The van der Waals surface area contributed by atoms with E-state index in [1.54, 1.807) is 13.8 Å². The van der Waals surface area contributed by atoms with E-state index in [0.29, 0.717) is 5.56 Å². The van der Waals surface area contributed by atoms with E-state index in [9.17, 15) is 15.2 Å². The van der Waals surface area contributed by atoms with Gasteiger partial charge in [0.2, 0.25) is 0 Å². The highest BCUT2D eigenvalue weighted by Crippen LogP contribution is 2.33. The van der Waals surface area contributed by atoms with Crippen LogP contribution in [0.1, 0.15) is 19.4 Å². The predicted octanol–water partition coefficient (Wildman–Crippen LogP) is 1.54. The summed E-state index contributed by atoms with van der Waals surface area (Å²) in [6.07, 6.45) is 0. The van der Waals surface area contributed by atoms with E-state index >= 15 is 0 Å². The number of nitro groups is 1. The monoisotopic (exact) mass is 210 g/mol. The Morgan fingerprint density at radius 1 is 1.53 bits per heavy atom. The van der Waals surface area contributed by atoms with E-state index in [2.05, 4.69) is 0 Å². The minimum absolute atomic E-state index is 0.0109. The first-order valence-corrected chi connectivity index (χ1v) is 4.56. The number of hydrogen-bond donors (Lipinski definition) is 2. The molecule has 1 aromatic carbocycles. The zero-order valence-corrected chi connectivity index (χ0v) is 8.73. The van der Waals surface area contributed by atoms with Crippen molar-refractivity contribution < 1.29 is 10.0 Å². The van der Waals surface area contributed by atoms with Gasteiger partial charge in [0.15, 0.2) is 0 Å². The molecule has 0 aliphatic heterocycles. The highest BCUT2D eigenvalue weighted by Gasteiger charge is 2.27. The number of aromatic hydroxyl groups is 1. The van der Waals surface area contributed by atoms with E-state index in [0.717, 1.165) is 0 Å². The van der Waals surface area contributed by atoms with Crippen molar-refractivity contribution in [2.75, 3.05) is 6.54 Å². The topological polar surface area (TPSA) is 89.4 Å². The van der Waals surface area contributed by atoms with Gasteiger partial charge in [0.05, 0.1) is 4.92 Å². The third kappa shape index (κ3) is 2.24. The van der Waals surface area contributed by atoms with Crippen molar-refractivity contribution in [3.05, 3.63) is 33.9 Å². The van der Waals surface area contributed by atoms with Gasteiger partial charge in [-0.2, -0.15) is 0 Å². The second kappa shape index (κ2) is 3.86. The van der Waals surface area contributed by atoms with Crippen LogP contribution in [-0.2, 0) is 5.41 Å². The van der Waals surface area contributed by atoms with Crippen LogP contribution in [0.4, 0.5) is 5.69 Å². The van der Waals surface area contributed by atoms with Gasteiger partial charge in [-0.1, -0.05) is 13.8 Å². The van der Waals surface area contributed by atoms with Crippen LogP contribution in [0.25, 0.3) is 0 Å². The number of benzene rings is 1. The van der Waals surface area contributed by atoms with Crippen LogP contribution in [0.3, 0.4) is 0 Å². The van der Waals surface area contributed by atoms with E-state index in [1.165, 1.54) is 18.2 Å². The van der Waals surface area contributed by atoms with Gasteiger partial charge in [0.25, 0.3) is 5.69 Å². The molecule has 0 heterocycles. The molecule has 0 radical (unpaired) electrons. The summed E-state index contributed by atoms with van der Waals surface area (Å²) in [6, 6.07) is 3.99. The van der Waals surface area contributed by atoms with Crippen LogP contribution in [0.5, 0.6) is 5.75 Å². The van der Waals surface area contributed by atoms with Crippen LogP contribution in [-0.4, -0.2) is 16.6 Å². The van der Waals surface area contributed by atoms with Crippen molar-refractivity contribution >= 4 is 5.69 Å². The normalized spacial score (nSPS) is 11.4. The molecule has 5 heteroatoms. The molecular weight excluding hydrogens is 196 g/mol. The highest BCUT2D eigenvalue weighted by atomic mass is 16.6. The van der Waals surface area contributed by atoms with Crippen molar-refractivity contribution in [1.82, 2.24) is 0 Å². The molecule has 0 aliphatic rings. The molecule has 0 bridgehead atoms. The Hall–Kier alpha value is -1.62. The Balaban J connectivity index is 3.37. The third-order valence-corrected chi connectivity index (χ3v) is 2.42. The Morgan fingerprint density at radius 3 is 2.60 bits per heavy atom. The maximum atomic E-state index is 10.8. The average molecular weight is 210 g/mol. The molecule has 0 fully saturated rings. The first kappa shape index (κ1) is 11.5. The Bertz CT molecular complexity index is 388. The highest BCUT2D eigenvalue weighted by molar-refractivity contribution is 5.48. The maximum Gasteiger partial charge on any atom is 0.273 e. The van der Waals surface area contributed by atoms with E-state index < -0.39 is 10.3 Å². The minimum atomic E-state index is -0.527. The fourth-order valence-corrected chi connectivity index (χ4v) is 1.34. The fraction of sp³-hybridized carbons (Fsp3) is 0.400. The van der Waals surface area contributed by atoms with Gasteiger partial charge >= 0.3 is 0 Å². The standard InChI is InChI=1S/C10H14N2O3/c1-10(2,6-11)8-5-7(13)3-4-9(8)12(14)15/h3-5,13H,6,11H2,1-2H3. The second-order valence-corrected chi connectivity index (χ2v) is 4.05. The summed E-state index contributed by atoms with van der Waals surface area (Å²) in [5, 5.41) is 20.1. The molecule has 0 unspecified atom stereocenters. The number of hydrogen-bond acceptors (Lipinski definition) is 4. The first-order valence-electron chi connectivity index (χ1n) is 4.56. The summed E-state index contributed by atoms with van der Waals surface area (Å²) < 4.78 is 0. The van der Waals surface area contributed by atoms with Gasteiger partial charge < -0.3 is 10.8 Å². The summed E-state index contributed by atoms with van der Waals surface area (Å²) in [5.41, 5.74) is 5.47. The molecule has 82 valence electrons. The first-order chi connectivity index (χ1) is 6.88. The Kier molecular flexibility index (Phi) is 2.95. The molecule has 1 rings (SSSR count). The van der Waals surface area contributed by atoms with Gasteiger partial charge in [0, 0.05) is 23.6 Å². The number of nitrogens with zero attached hydrogens (tertiary/aromatic N) is 1. The average Bonchev–Trinajstić information content (AvgIpc) is 2.17. The summed E-state index contributed by atoms with van der Waals surface area (Å²) in [4.78, 5) is 10.3. The van der Waals surface area contributed by atoms with Gasteiger partial charge in [-0.3, -0.25) is 10.1 Å². The summed E-state index contributed by atoms with van der Waals surface area (Å²) >= 11 is 0.